The Balaban J connectivity index is 0.999. The zero-order chi connectivity index (χ0) is 33.9. The molecule has 0 saturated carbocycles. The molecule has 0 N–H and O–H groups in total. The van der Waals surface area contributed by atoms with Gasteiger partial charge in [-0.3, -0.25) is 28.9 Å². The van der Waals surface area contributed by atoms with E-state index in [0.717, 1.165) is 32.3 Å². The molecule has 9 rings (SSSR count). The van der Waals surface area contributed by atoms with Gasteiger partial charge in [-0.2, -0.15) is 0 Å². The van der Waals surface area contributed by atoms with Gasteiger partial charge in [-0.15, -0.1) is 0 Å². The number of hydrogen-bond donors (Lipinski definition) is 0. The maximum absolute atomic E-state index is 14.1. The maximum atomic E-state index is 14.1. The lowest BCUT2D eigenvalue weighted by molar-refractivity contribution is -0.127. The summed E-state index contributed by atoms with van der Waals surface area (Å²) >= 11 is 0. The molecule has 4 heterocycles. The Morgan fingerprint density at radius 2 is 0.680 bits per heavy atom. The Bertz CT molecular complexity index is 1950. The van der Waals surface area contributed by atoms with Gasteiger partial charge in [0.25, 0.3) is 11.8 Å². The third kappa shape index (κ3) is 4.57. The van der Waals surface area contributed by atoms with Gasteiger partial charge in [0.2, 0.25) is 11.8 Å². The SMILES string of the molecule is O=C1[C@@H]2[C@@H](ON(c3ccccc3)[C@H]2c2ccccc2)C(=O)N1c1ccc(N2C(=O)[C@H]3[C@@H](c4ccccc4)N(c4ccccc4)O[C@H]3C2=O)cc1. The number of nitrogens with zero attached hydrogens (tertiary/aromatic N) is 4. The topological polar surface area (TPSA) is 99.7 Å². The fraction of sp³-hybridized carbons (Fsp3) is 0.150. The van der Waals surface area contributed by atoms with Crippen LogP contribution in [0.2, 0.25) is 0 Å². The number of rotatable bonds is 6. The number of carbonyl (C=O) groups is 4. The number of para-hydroxylation sites is 2. The van der Waals surface area contributed by atoms with Gasteiger partial charge in [0.15, 0.2) is 12.2 Å². The molecule has 10 heteroatoms. The molecule has 0 bridgehead atoms. The van der Waals surface area contributed by atoms with Gasteiger partial charge < -0.3 is 0 Å². The van der Waals surface area contributed by atoms with E-state index in [1.54, 1.807) is 34.4 Å². The highest BCUT2D eigenvalue weighted by Crippen LogP contribution is 2.49. The summed E-state index contributed by atoms with van der Waals surface area (Å²) in [5, 5.41) is 3.32. The number of hydrogen-bond acceptors (Lipinski definition) is 8. The summed E-state index contributed by atoms with van der Waals surface area (Å²) in [6, 6.07) is 43.1. The van der Waals surface area contributed by atoms with E-state index in [1.807, 2.05) is 121 Å². The van der Waals surface area contributed by atoms with E-state index in [2.05, 4.69) is 0 Å². The maximum Gasteiger partial charge on any atom is 0.266 e. The van der Waals surface area contributed by atoms with Gasteiger partial charge in [-0.05, 0) is 59.7 Å². The molecule has 4 amide bonds. The molecule has 6 atom stereocenters. The molecule has 0 unspecified atom stereocenters. The lowest BCUT2D eigenvalue weighted by Gasteiger charge is -2.29. The van der Waals surface area contributed by atoms with E-state index in [9.17, 15) is 19.2 Å². The smallest absolute Gasteiger partial charge is 0.266 e. The fourth-order valence-corrected chi connectivity index (χ4v) is 7.66. The van der Waals surface area contributed by atoms with Crippen LogP contribution in [0.4, 0.5) is 22.7 Å². The second-order valence-corrected chi connectivity index (χ2v) is 12.7. The lowest BCUT2D eigenvalue weighted by Crippen LogP contribution is -2.38. The minimum absolute atomic E-state index is 0.327. The number of fused-ring (bicyclic) bond motifs is 2. The minimum Gasteiger partial charge on any atom is -0.273 e. The van der Waals surface area contributed by atoms with Crippen LogP contribution in [0.25, 0.3) is 0 Å². The largest absolute Gasteiger partial charge is 0.273 e. The number of imide groups is 2. The molecule has 5 aromatic rings. The van der Waals surface area contributed by atoms with Crippen LogP contribution in [0.15, 0.2) is 146 Å². The summed E-state index contributed by atoms with van der Waals surface area (Å²) in [6.45, 7) is 0. The van der Waals surface area contributed by atoms with Crippen molar-refractivity contribution in [1.29, 1.82) is 0 Å². The first kappa shape index (κ1) is 30.0. The lowest BCUT2D eigenvalue weighted by atomic mass is 9.90. The molecule has 0 spiro atoms. The van der Waals surface area contributed by atoms with Gasteiger partial charge in [-0.1, -0.05) is 97.1 Å². The Labute approximate surface area is 287 Å². The summed E-state index contributed by atoms with van der Waals surface area (Å²) in [7, 11) is 0. The molecule has 0 aliphatic carbocycles. The van der Waals surface area contributed by atoms with Crippen LogP contribution in [0, 0.1) is 11.8 Å². The molecule has 246 valence electrons. The highest BCUT2D eigenvalue weighted by Gasteiger charge is 2.62. The van der Waals surface area contributed by atoms with Crippen molar-refractivity contribution in [1.82, 2.24) is 0 Å². The van der Waals surface area contributed by atoms with Gasteiger partial charge in [0, 0.05) is 0 Å². The Kier molecular flexibility index (Phi) is 7.08. The predicted molar refractivity (Wildman–Crippen MR) is 184 cm³/mol. The van der Waals surface area contributed by atoms with Crippen LogP contribution < -0.4 is 19.9 Å². The molecule has 0 aromatic heterocycles. The standard InChI is InChI=1S/C40H30N4O6/c45-37-31-33(25-13-5-1-6-14-25)43(29-17-9-3-10-18-29)49-35(31)39(47)41(37)27-21-23-28(24-22-27)42-38(46)32-34(26-15-7-2-8-16-26)44(50-36(32)40(42)48)30-19-11-4-12-20-30/h1-24,31-36H/t31-,32-,33-,34+,35+,36+/m0/s1. The summed E-state index contributed by atoms with van der Waals surface area (Å²) in [4.78, 5) is 70.7. The van der Waals surface area contributed by atoms with Gasteiger partial charge in [-0.25, -0.2) is 19.9 Å². The van der Waals surface area contributed by atoms with Crippen molar-refractivity contribution < 1.29 is 28.9 Å². The molecule has 4 fully saturated rings. The fourth-order valence-electron chi connectivity index (χ4n) is 7.66. The van der Waals surface area contributed by atoms with Crippen LogP contribution in [0.5, 0.6) is 0 Å². The summed E-state index contributed by atoms with van der Waals surface area (Å²) in [5.74, 6) is -3.30. The third-order valence-electron chi connectivity index (χ3n) is 9.90. The molecule has 10 nitrogen and oxygen atoms in total. The number of carbonyl (C=O) groups excluding carboxylic acids is 4. The highest BCUT2D eigenvalue weighted by atomic mass is 16.7. The second-order valence-electron chi connectivity index (χ2n) is 12.7. The number of amides is 4. The first-order valence-electron chi connectivity index (χ1n) is 16.5. The Morgan fingerprint density at radius 3 is 1.02 bits per heavy atom. The first-order valence-corrected chi connectivity index (χ1v) is 16.5. The molecule has 5 aromatic carbocycles. The monoisotopic (exact) mass is 662 g/mol. The van der Waals surface area contributed by atoms with E-state index < -0.39 is 47.9 Å². The number of anilines is 4. The van der Waals surface area contributed by atoms with Crippen LogP contribution in [-0.2, 0) is 28.9 Å². The zero-order valence-electron chi connectivity index (χ0n) is 26.6. The van der Waals surface area contributed by atoms with Crippen LogP contribution in [0.3, 0.4) is 0 Å². The van der Waals surface area contributed by atoms with Crippen molar-refractivity contribution in [3.63, 3.8) is 0 Å². The van der Waals surface area contributed by atoms with E-state index in [0.29, 0.717) is 11.4 Å². The normalized spacial score (nSPS) is 25.8. The van der Waals surface area contributed by atoms with Crippen molar-refractivity contribution in [3.8, 4) is 0 Å². The van der Waals surface area contributed by atoms with Crippen LogP contribution in [0.1, 0.15) is 23.2 Å². The molecule has 0 radical (unpaired) electrons. The number of hydroxylamine groups is 2. The van der Waals surface area contributed by atoms with Gasteiger partial charge in [0.05, 0.1) is 34.8 Å². The van der Waals surface area contributed by atoms with Gasteiger partial charge in [0.1, 0.15) is 11.8 Å². The predicted octanol–water partition coefficient (Wildman–Crippen LogP) is 5.79. The highest BCUT2D eigenvalue weighted by molar-refractivity contribution is 6.25. The summed E-state index contributed by atoms with van der Waals surface area (Å²) in [6.07, 6.45) is -2.04. The Morgan fingerprint density at radius 1 is 0.360 bits per heavy atom. The van der Waals surface area contributed by atoms with Crippen molar-refractivity contribution in [2.45, 2.75) is 24.3 Å². The second kappa shape index (κ2) is 11.8. The average molecular weight is 663 g/mol. The van der Waals surface area contributed by atoms with Crippen molar-refractivity contribution >= 4 is 46.4 Å². The van der Waals surface area contributed by atoms with Gasteiger partial charge >= 0.3 is 0 Å². The minimum atomic E-state index is -1.02. The van der Waals surface area contributed by atoms with E-state index in [1.165, 1.54) is 0 Å². The van der Waals surface area contributed by atoms with E-state index >= 15 is 0 Å². The number of benzene rings is 5. The van der Waals surface area contributed by atoms with Crippen LogP contribution >= 0.6 is 0 Å². The quantitative estimate of drug-likeness (QED) is 0.211. The molecule has 4 aliphatic rings. The molecular formula is C40H30N4O6. The first-order chi connectivity index (χ1) is 24.5. The van der Waals surface area contributed by atoms with Crippen molar-refractivity contribution in [2.24, 2.45) is 11.8 Å². The Hall–Kier alpha value is -6.10. The third-order valence-corrected chi connectivity index (χ3v) is 9.90. The zero-order valence-corrected chi connectivity index (χ0v) is 26.6. The van der Waals surface area contributed by atoms with Crippen LogP contribution in [-0.4, -0.2) is 35.8 Å². The van der Waals surface area contributed by atoms with E-state index in [4.69, 9.17) is 9.68 Å². The van der Waals surface area contributed by atoms with Crippen molar-refractivity contribution in [3.05, 3.63) is 157 Å². The summed E-state index contributed by atoms with van der Waals surface area (Å²) in [5.41, 5.74) is 3.83. The molecular weight excluding hydrogens is 632 g/mol. The molecule has 50 heavy (non-hydrogen) atoms. The molecule has 4 aliphatic heterocycles. The molecule has 4 saturated heterocycles. The van der Waals surface area contributed by atoms with Crippen molar-refractivity contribution in [2.75, 3.05) is 19.9 Å². The van der Waals surface area contributed by atoms with E-state index in [-0.39, 0.29) is 11.8 Å². The average Bonchev–Trinajstić information content (AvgIpc) is 3.89. The summed E-state index contributed by atoms with van der Waals surface area (Å²) < 4.78 is 0.